The summed E-state index contributed by atoms with van der Waals surface area (Å²) in [6, 6.07) is 0. The number of hydrogen-bond acceptors (Lipinski definition) is 2. The Labute approximate surface area is 61.4 Å². The van der Waals surface area contributed by atoms with Gasteiger partial charge in [-0.05, 0) is 13.8 Å². The molecule has 0 aromatic rings. The topological polar surface area (TPSA) is 29.1 Å². The summed E-state index contributed by atoms with van der Waals surface area (Å²) in [6.45, 7) is 4.69. The van der Waals surface area contributed by atoms with Gasteiger partial charge in [0.05, 0.1) is 5.54 Å². The Balaban J connectivity index is 0.000000640. The molecule has 0 aromatic heterocycles. The number of carbonyl (C=O) groups is 1. The number of carbonyl (C=O) groups excluding carboxylic acids is 1. The Bertz CT molecular complexity index is 122. The number of ketones is 1. The maximum Gasteiger partial charge on any atom is 0.153 e. The lowest BCUT2D eigenvalue weighted by atomic mass is 10.0. The lowest BCUT2D eigenvalue weighted by molar-refractivity contribution is -0.121. The van der Waals surface area contributed by atoms with Crippen molar-refractivity contribution in [1.29, 1.82) is 0 Å². The summed E-state index contributed by atoms with van der Waals surface area (Å²) < 4.78 is 0. The second-order valence-corrected chi connectivity index (χ2v) is 2.72. The number of rotatable bonds is 0. The molecule has 0 bridgehead atoms. The molecule has 2 nitrogen and oxygen atoms in total. The van der Waals surface area contributed by atoms with Gasteiger partial charge in [0.1, 0.15) is 0 Å². The Morgan fingerprint density at radius 3 is 2.22 bits per heavy atom. The molecule has 3 heteroatoms. The lowest BCUT2D eigenvalue weighted by Crippen LogP contribution is -2.38. The largest absolute Gasteiger partial charge is 0.305 e. The van der Waals surface area contributed by atoms with Crippen molar-refractivity contribution < 1.29 is 4.79 Å². The van der Waals surface area contributed by atoms with Crippen molar-refractivity contribution in [2.45, 2.75) is 25.8 Å². The standard InChI is InChI=1S/C6H11NO.ClH/c1-6(2)5(8)3-4-7-6;/h7H,3-4H2,1-2H3;1H. The van der Waals surface area contributed by atoms with Crippen LogP contribution in [0, 0.1) is 0 Å². The second-order valence-electron chi connectivity index (χ2n) is 2.72. The zero-order valence-electron chi connectivity index (χ0n) is 5.73. The maximum absolute atomic E-state index is 10.8. The summed E-state index contributed by atoms with van der Waals surface area (Å²) in [5, 5.41) is 3.10. The molecule has 0 atom stereocenters. The fraction of sp³-hybridized carbons (Fsp3) is 0.833. The smallest absolute Gasteiger partial charge is 0.153 e. The molecule has 0 aliphatic carbocycles. The van der Waals surface area contributed by atoms with Crippen molar-refractivity contribution in [1.82, 2.24) is 5.32 Å². The Hall–Kier alpha value is -0.0800. The second kappa shape index (κ2) is 2.67. The van der Waals surface area contributed by atoms with Crippen LogP contribution in [0.15, 0.2) is 0 Å². The molecule has 9 heavy (non-hydrogen) atoms. The van der Waals surface area contributed by atoms with Gasteiger partial charge < -0.3 is 5.32 Å². The first-order valence-electron chi connectivity index (χ1n) is 2.91. The molecule has 1 heterocycles. The molecule has 1 aliphatic heterocycles. The summed E-state index contributed by atoms with van der Waals surface area (Å²) in [4.78, 5) is 10.8. The monoisotopic (exact) mass is 149 g/mol. The van der Waals surface area contributed by atoms with E-state index >= 15 is 0 Å². The van der Waals surface area contributed by atoms with Crippen LogP contribution in [0.5, 0.6) is 0 Å². The van der Waals surface area contributed by atoms with Gasteiger partial charge in [-0.15, -0.1) is 12.4 Å². The van der Waals surface area contributed by atoms with E-state index in [2.05, 4.69) is 5.32 Å². The van der Waals surface area contributed by atoms with E-state index in [0.717, 1.165) is 6.54 Å². The third-order valence-corrected chi connectivity index (χ3v) is 1.62. The molecule has 0 saturated carbocycles. The summed E-state index contributed by atoms with van der Waals surface area (Å²) in [5.74, 6) is 0.331. The minimum atomic E-state index is -0.236. The van der Waals surface area contributed by atoms with Crippen molar-refractivity contribution in [2.75, 3.05) is 6.54 Å². The normalized spacial score (nSPS) is 23.6. The molecule has 1 rings (SSSR count). The fourth-order valence-corrected chi connectivity index (χ4v) is 0.900. The molecular formula is C6H12ClNO. The fourth-order valence-electron chi connectivity index (χ4n) is 0.900. The molecule has 0 aromatic carbocycles. The van der Waals surface area contributed by atoms with Gasteiger partial charge in [-0.2, -0.15) is 0 Å². The van der Waals surface area contributed by atoms with Crippen molar-refractivity contribution >= 4 is 18.2 Å². The van der Waals surface area contributed by atoms with Crippen LogP contribution in [0.1, 0.15) is 20.3 Å². The van der Waals surface area contributed by atoms with Gasteiger partial charge in [0, 0.05) is 13.0 Å². The highest BCUT2D eigenvalue weighted by Crippen LogP contribution is 2.11. The lowest BCUT2D eigenvalue weighted by Gasteiger charge is -2.13. The van der Waals surface area contributed by atoms with Crippen molar-refractivity contribution in [3.63, 3.8) is 0 Å². The van der Waals surface area contributed by atoms with Crippen LogP contribution in [0.4, 0.5) is 0 Å². The van der Waals surface area contributed by atoms with Crippen molar-refractivity contribution in [3.8, 4) is 0 Å². The van der Waals surface area contributed by atoms with Crippen LogP contribution in [-0.4, -0.2) is 17.9 Å². The molecule has 0 unspecified atom stereocenters. The summed E-state index contributed by atoms with van der Waals surface area (Å²) in [7, 11) is 0. The van der Waals surface area contributed by atoms with E-state index in [-0.39, 0.29) is 17.9 Å². The van der Waals surface area contributed by atoms with E-state index in [1.54, 1.807) is 0 Å². The van der Waals surface area contributed by atoms with Gasteiger partial charge in [0.25, 0.3) is 0 Å². The van der Waals surface area contributed by atoms with Crippen LogP contribution in [0.3, 0.4) is 0 Å². The van der Waals surface area contributed by atoms with E-state index < -0.39 is 0 Å². The SMILES string of the molecule is CC1(C)NCCC1=O.Cl. The quantitative estimate of drug-likeness (QED) is 0.551. The summed E-state index contributed by atoms with van der Waals surface area (Å²) in [6.07, 6.45) is 0.701. The average molecular weight is 150 g/mol. The van der Waals surface area contributed by atoms with Gasteiger partial charge in [-0.25, -0.2) is 0 Å². The highest BCUT2D eigenvalue weighted by molar-refractivity contribution is 5.89. The summed E-state index contributed by atoms with van der Waals surface area (Å²) >= 11 is 0. The summed E-state index contributed by atoms with van der Waals surface area (Å²) in [5.41, 5.74) is -0.236. The van der Waals surface area contributed by atoms with E-state index in [9.17, 15) is 4.79 Å². The maximum atomic E-state index is 10.8. The van der Waals surface area contributed by atoms with Crippen LogP contribution >= 0.6 is 12.4 Å². The first-order valence-corrected chi connectivity index (χ1v) is 2.91. The van der Waals surface area contributed by atoms with Gasteiger partial charge in [-0.3, -0.25) is 4.79 Å². The number of hydrogen-bond donors (Lipinski definition) is 1. The molecule has 0 spiro atoms. The molecule has 1 N–H and O–H groups in total. The zero-order chi connectivity index (χ0) is 6.20. The van der Waals surface area contributed by atoms with Crippen LogP contribution < -0.4 is 5.32 Å². The first-order chi connectivity index (χ1) is 3.63. The number of Topliss-reactive ketones (excluding diaryl/α,β-unsaturated/α-hetero) is 1. The van der Waals surface area contributed by atoms with Gasteiger partial charge >= 0.3 is 0 Å². The molecule has 0 amide bonds. The molecule has 0 radical (unpaired) electrons. The number of halogens is 1. The van der Waals surface area contributed by atoms with Gasteiger partial charge in [-0.1, -0.05) is 0 Å². The molecule has 1 saturated heterocycles. The van der Waals surface area contributed by atoms with E-state index in [1.165, 1.54) is 0 Å². The Morgan fingerprint density at radius 1 is 1.56 bits per heavy atom. The third-order valence-electron chi connectivity index (χ3n) is 1.62. The zero-order valence-corrected chi connectivity index (χ0v) is 6.55. The minimum absolute atomic E-state index is 0. The number of nitrogens with one attached hydrogen (secondary N) is 1. The van der Waals surface area contributed by atoms with Crippen molar-refractivity contribution in [3.05, 3.63) is 0 Å². The Kier molecular flexibility index (Phi) is 2.65. The van der Waals surface area contributed by atoms with Crippen LogP contribution in [-0.2, 0) is 4.79 Å². The van der Waals surface area contributed by atoms with Gasteiger partial charge in [0.15, 0.2) is 5.78 Å². The van der Waals surface area contributed by atoms with E-state index in [4.69, 9.17) is 0 Å². The molecule has 54 valence electrons. The molecule has 1 aliphatic rings. The predicted molar refractivity (Wildman–Crippen MR) is 39.0 cm³/mol. The van der Waals surface area contributed by atoms with Crippen molar-refractivity contribution in [2.24, 2.45) is 0 Å². The average Bonchev–Trinajstić information content (AvgIpc) is 1.86. The molecule has 1 fully saturated rings. The first kappa shape index (κ1) is 8.92. The van der Waals surface area contributed by atoms with E-state index in [0.29, 0.717) is 12.2 Å². The van der Waals surface area contributed by atoms with E-state index in [1.807, 2.05) is 13.8 Å². The predicted octanol–water partition coefficient (Wildman–Crippen LogP) is 0.749. The van der Waals surface area contributed by atoms with Crippen LogP contribution in [0.25, 0.3) is 0 Å². The highest BCUT2D eigenvalue weighted by Gasteiger charge is 2.31. The highest BCUT2D eigenvalue weighted by atomic mass is 35.5. The van der Waals surface area contributed by atoms with Crippen LogP contribution in [0.2, 0.25) is 0 Å². The third kappa shape index (κ3) is 1.66. The van der Waals surface area contributed by atoms with Gasteiger partial charge in [0.2, 0.25) is 0 Å². The molecular weight excluding hydrogens is 138 g/mol. The minimum Gasteiger partial charge on any atom is -0.305 e. The Morgan fingerprint density at radius 2 is 2.11 bits per heavy atom.